The Morgan fingerprint density at radius 2 is 2.03 bits per heavy atom. The number of carbonyl (C=O) groups is 1. The third-order valence-electron chi connectivity index (χ3n) is 4.52. The van der Waals surface area contributed by atoms with E-state index in [1.807, 2.05) is 0 Å². The molecule has 0 N–H and O–H groups in total. The van der Waals surface area contributed by atoms with E-state index < -0.39 is 4.92 Å². The Balaban J connectivity index is 1.80. The minimum atomic E-state index is -0.475. The number of nitrogens with zero attached hydrogens (tertiary/aromatic N) is 4. The molecule has 1 fully saturated rings. The minimum absolute atomic E-state index is 0.0328. The SMILES string of the molecule is CCCC[C@H]1S/C(=N/N=C\c2cccc([N+](=O)[O-])c2)N(Cc2ccc(F)cc2)C1=O. The smallest absolute Gasteiger partial charge is 0.270 e. The third kappa shape index (κ3) is 5.50. The fourth-order valence-electron chi connectivity index (χ4n) is 2.94. The van der Waals surface area contributed by atoms with E-state index in [1.165, 1.54) is 42.2 Å². The van der Waals surface area contributed by atoms with Crippen molar-refractivity contribution in [3.63, 3.8) is 0 Å². The van der Waals surface area contributed by atoms with Crippen LogP contribution in [-0.4, -0.2) is 32.4 Å². The van der Waals surface area contributed by atoms with Crippen LogP contribution in [0.2, 0.25) is 0 Å². The molecule has 0 aromatic heterocycles. The van der Waals surface area contributed by atoms with Gasteiger partial charge < -0.3 is 0 Å². The molecular formula is C21H21FN4O3S. The van der Waals surface area contributed by atoms with Crippen molar-refractivity contribution in [3.05, 3.63) is 75.6 Å². The van der Waals surface area contributed by atoms with Gasteiger partial charge in [-0.1, -0.05) is 55.8 Å². The van der Waals surface area contributed by atoms with Crippen molar-refractivity contribution >= 4 is 34.7 Å². The zero-order valence-corrected chi connectivity index (χ0v) is 17.2. The first-order chi connectivity index (χ1) is 14.5. The highest BCUT2D eigenvalue weighted by Crippen LogP contribution is 2.32. The highest BCUT2D eigenvalue weighted by Gasteiger charge is 2.37. The summed E-state index contributed by atoms with van der Waals surface area (Å²) in [7, 11) is 0. The summed E-state index contributed by atoms with van der Waals surface area (Å²) in [4.78, 5) is 24.8. The van der Waals surface area contributed by atoms with Crippen LogP contribution in [0.4, 0.5) is 10.1 Å². The van der Waals surface area contributed by atoms with Gasteiger partial charge in [-0.3, -0.25) is 19.8 Å². The lowest BCUT2D eigenvalue weighted by atomic mass is 10.1. The van der Waals surface area contributed by atoms with Crippen molar-refractivity contribution in [1.82, 2.24) is 4.90 Å². The second kappa shape index (κ2) is 10.1. The molecule has 0 bridgehead atoms. The minimum Gasteiger partial charge on any atom is -0.284 e. The van der Waals surface area contributed by atoms with Crippen molar-refractivity contribution in [2.45, 2.75) is 38.0 Å². The summed E-state index contributed by atoms with van der Waals surface area (Å²) in [6.07, 6.45) is 4.08. The van der Waals surface area contributed by atoms with Gasteiger partial charge in [-0.05, 0) is 24.1 Å². The number of amidine groups is 1. The van der Waals surface area contributed by atoms with Gasteiger partial charge in [0.1, 0.15) is 5.82 Å². The van der Waals surface area contributed by atoms with E-state index in [0.717, 1.165) is 24.8 Å². The second-order valence-electron chi connectivity index (χ2n) is 6.78. The monoisotopic (exact) mass is 428 g/mol. The number of hydrogen-bond acceptors (Lipinski definition) is 6. The average molecular weight is 428 g/mol. The van der Waals surface area contributed by atoms with Crippen molar-refractivity contribution in [1.29, 1.82) is 0 Å². The number of thioether (sulfide) groups is 1. The van der Waals surface area contributed by atoms with Crippen LogP contribution in [0.1, 0.15) is 37.3 Å². The number of rotatable bonds is 8. The maximum Gasteiger partial charge on any atom is 0.270 e. The fraction of sp³-hybridized carbons (Fsp3) is 0.286. The Morgan fingerprint density at radius 1 is 1.27 bits per heavy atom. The Morgan fingerprint density at radius 3 is 2.73 bits per heavy atom. The zero-order chi connectivity index (χ0) is 21.5. The Kier molecular flexibility index (Phi) is 7.29. The molecule has 1 aliphatic rings. The van der Waals surface area contributed by atoms with E-state index in [-0.39, 0.29) is 29.2 Å². The third-order valence-corrected chi connectivity index (χ3v) is 5.76. The lowest BCUT2D eigenvalue weighted by molar-refractivity contribution is -0.384. The van der Waals surface area contributed by atoms with Gasteiger partial charge in [0.25, 0.3) is 5.69 Å². The van der Waals surface area contributed by atoms with Gasteiger partial charge in [-0.15, -0.1) is 5.10 Å². The Hall–Kier alpha value is -3.07. The van der Waals surface area contributed by atoms with Gasteiger partial charge in [0, 0.05) is 17.7 Å². The first-order valence-electron chi connectivity index (χ1n) is 9.56. The number of unbranched alkanes of at least 4 members (excludes halogenated alkanes) is 1. The van der Waals surface area contributed by atoms with Crippen LogP contribution < -0.4 is 0 Å². The largest absolute Gasteiger partial charge is 0.284 e. The normalized spacial score (nSPS) is 17.9. The Labute approximate surface area is 177 Å². The van der Waals surface area contributed by atoms with Crippen LogP contribution >= 0.6 is 11.8 Å². The predicted molar refractivity (Wildman–Crippen MR) is 116 cm³/mol. The molecule has 2 aromatic carbocycles. The van der Waals surface area contributed by atoms with Gasteiger partial charge in [0.2, 0.25) is 5.91 Å². The number of carbonyl (C=O) groups excluding carboxylic acids is 1. The van der Waals surface area contributed by atoms with Gasteiger partial charge in [-0.25, -0.2) is 4.39 Å². The van der Waals surface area contributed by atoms with Crippen molar-refractivity contribution in [3.8, 4) is 0 Å². The van der Waals surface area contributed by atoms with Crippen molar-refractivity contribution in [2.24, 2.45) is 10.2 Å². The highest BCUT2D eigenvalue weighted by atomic mass is 32.2. The Bertz CT molecular complexity index is 978. The van der Waals surface area contributed by atoms with E-state index in [2.05, 4.69) is 17.1 Å². The van der Waals surface area contributed by atoms with Crippen molar-refractivity contribution < 1.29 is 14.1 Å². The molecule has 0 saturated carbocycles. The summed E-state index contributed by atoms with van der Waals surface area (Å²) in [6.45, 7) is 2.35. The number of hydrogen-bond donors (Lipinski definition) is 0. The molecule has 0 spiro atoms. The highest BCUT2D eigenvalue weighted by molar-refractivity contribution is 8.15. The van der Waals surface area contributed by atoms with E-state index in [4.69, 9.17) is 0 Å². The first kappa shape index (κ1) is 21.6. The average Bonchev–Trinajstić information content (AvgIpc) is 3.03. The van der Waals surface area contributed by atoms with Gasteiger partial charge in [0.05, 0.1) is 22.9 Å². The lowest BCUT2D eigenvalue weighted by Crippen LogP contribution is -2.31. The fourth-order valence-corrected chi connectivity index (χ4v) is 4.08. The van der Waals surface area contributed by atoms with E-state index in [0.29, 0.717) is 10.7 Å². The summed E-state index contributed by atoms with van der Waals surface area (Å²) in [6, 6.07) is 12.0. The standard InChI is InChI=1S/C21H21FN4O3S/c1-2-3-7-19-20(27)25(14-15-8-10-17(22)11-9-15)21(30-19)24-23-13-16-5-4-6-18(12-16)26(28)29/h4-6,8-13,19H,2-3,7,14H2,1H3/b23-13-,24-21+/t19-/m1/s1. The number of nitro benzene ring substituents is 1. The molecule has 0 unspecified atom stereocenters. The summed E-state index contributed by atoms with van der Waals surface area (Å²) in [5.74, 6) is -0.376. The lowest BCUT2D eigenvalue weighted by Gasteiger charge is -2.15. The maximum atomic E-state index is 13.2. The molecule has 1 saturated heterocycles. The summed E-state index contributed by atoms with van der Waals surface area (Å²) in [5, 5.41) is 19.4. The van der Waals surface area contributed by atoms with Gasteiger partial charge >= 0.3 is 0 Å². The molecule has 156 valence electrons. The molecule has 9 heteroatoms. The van der Waals surface area contributed by atoms with Gasteiger partial charge in [0.15, 0.2) is 5.17 Å². The van der Waals surface area contributed by atoms with Crippen LogP contribution in [0.25, 0.3) is 0 Å². The van der Waals surface area contributed by atoms with Crippen LogP contribution in [0.15, 0.2) is 58.7 Å². The summed E-state index contributed by atoms with van der Waals surface area (Å²) < 4.78 is 13.2. The molecular weight excluding hydrogens is 407 g/mol. The molecule has 0 radical (unpaired) electrons. The number of amides is 1. The quantitative estimate of drug-likeness (QED) is 0.345. The molecule has 1 atom stereocenters. The molecule has 1 aliphatic heterocycles. The summed E-state index contributed by atoms with van der Waals surface area (Å²) in [5.41, 5.74) is 1.29. The van der Waals surface area contributed by atoms with Crippen LogP contribution in [0.5, 0.6) is 0 Å². The second-order valence-corrected chi connectivity index (χ2v) is 7.95. The maximum absolute atomic E-state index is 13.2. The predicted octanol–water partition coefficient (Wildman–Crippen LogP) is 4.76. The first-order valence-corrected chi connectivity index (χ1v) is 10.4. The molecule has 30 heavy (non-hydrogen) atoms. The molecule has 3 rings (SSSR count). The molecule has 1 amide bonds. The topological polar surface area (TPSA) is 88.2 Å². The molecule has 2 aromatic rings. The molecule has 0 aliphatic carbocycles. The molecule has 7 nitrogen and oxygen atoms in total. The van der Waals surface area contributed by atoms with E-state index in [1.54, 1.807) is 29.2 Å². The number of nitro groups is 1. The van der Waals surface area contributed by atoms with Crippen LogP contribution in [-0.2, 0) is 11.3 Å². The zero-order valence-electron chi connectivity index (χ0n) is 16.4. The van der Waals surface area contributed by atoms with Crippen LogP contribution in [0, 0.1) is 15.9 Å². The van der Waals surface area contributed by atoms with Gasteiger partial charge in [-0.2, -0.15) is 5.10 Å². The molecule has 1 heterocycles. The van der Waals surface area contributed by atoms with Crippen LogP contribution in [0.3, 0.4) is 0 Å². The van der Waals surface area contributed by atoms with Crippen molar-refractivity contribution in [2.75, 3.05) is 0 Å². The number of halogens is 1. The van der Waals surface area contributed by atoms with E-state index in [9.17, 15) is 19.3 Å². The number of non-ortho nitro benzene ring substituents is 1. The summed E-state index contributed by atoms with van der Waals surface area (Å²) >= 11 is 1.36. The van der Waals surface area contributed by atoms with E-state index >= 15 is 0 Å². The number of benzene rings is 2.